The van der Waals surface area contributed by atoms with E-state index in [9.17, 15) is 19.8 Å². The Labute approximate surface area is 149 Å². The number of carbonyl (C=O) groups excluding carboxylic acids is 2. The zero-order valence-electron chi connectivity index (χ0n) is 13.8. The van der Waals surface area contributed by atoms with Crippen molar-refractivity contribution in [2.45, 2.75) is 61.5 Å². The monoisotopic (exact) mass is 381 g/mol. The number of aliphatic hydroxyl groups excluding tert-OH is 1. The van der Waals surface area contributed by atoms with E-state index in [4.69, 9.17) is 32.7 Å². The van der Waals surface area contributed by atoms with Gasteiger partial charge in [0.25, 0.3) is 0 Å². The number of halogens is 2. The van der Waals surface area contributed by atoms with Gasteiger partial charge in [-0.05, 0) is 26.8 Å². The summed E-state index contributed by atoms with van der Waals surface area (Å²) in [5.41, 5.74) is -2.47. The van der Waals surface area contributed by atoms with Crippen molar-refractivity contribution < 1.29 is 29.3 Å². The van der Waals surface area contributed by atoms with E-state index in [2.05, 4.69) is 5.32 Å². The summed E-state index contributed by atoms with van der Waals surface area (Å²) in [7, 11) is 1.27. The predicted molar refractivity (Wildman–Crippen MR) is 87.1 cm³/mol. The number of allylic oxidation sites excluding steroid dienone is 1. The number of Topliss-reactive ketones (excluding diaryl/α,β-unsaturated/α-hetero) is 1. The smallest absolute Gasteiger partial charge is 0.407 e. The van der Waals surface area contributed by atoms with Crippen molar-refractivity contribution in [3.8, 4) is 0 Å². The summed E-state index contributed by atoms with van der Waals surface area (Å²) in [5, 5.41) is 23.6. The highest BCUT2D eigenvalue weighted by Crippen LogP contribution is 2.49. The first-order valence-corrected chi connectivity index (χ1v) is 8.15. The molecule has 5 atom stereocenters. The number of ketones is 1. The molecule has 0 radical (unpaired) electrons. The minimum absolute atomic E-state index is 0.149. The highest BCUT2D eigenvalue weighted by Gasteiger charge is 2.67. The molecule has 2 aliphatic carbocycles. The van der Waals surface area contributed by atoms with Gasteiger partial charge in [0.05, 0.1) is 11.1 Å². The van der Waals surface area contributed by atoms with E-state index in [-0.39, 0.29) is 11.5 Å². The second-order valence-electron chi connectivity index (χ2n) is 7.10. The number of alkyl halides is 1. The highest BCUT2D eigenvalue weighted by molar-refractivity contribution is 6.51. The second-order valence-corrected chi connectivity index (χ2v) is 8.13. The van der Waals surface area contributed by atoms with Gasteiger partial charge >= 0.3 is 6.09 Å². The van der Waals surface area contributed by atoms with Crippen LogP contribution in [0.5, 0.6) is 0 Å². The van der Waals surface area contributed by atoms with Crippen molar-refractivity contribution in [1.29, 1.82) is 0 Å². The molecule has 1 saturated carbocycles. The van der Waals surface area contributed by atoms with Gasteiger partial charge in [0.15, 0.2) is 10.7 Å². The molecule has 9 heteroatoms. The van der Waals surface area contributed by atoms with Crippen LogP contribution in [-0.2, 0) is 14.3 Å². The van der Waals surface area contributed by atoms with Gasteiger partial charge in [-0.2, -0.15) is 0 Å². The fourth-order valence-corrected chi connectivity index (χ4v) is 4.13. The number of ether oxygens (including phenoxy) is 2. The van der Waals surface area contributed by atoms with Crippen LogP contribution in [0.4, 0.5) is 4.79 Å². The fraction of sp³-hybridized carbons (Fsp3) is 0.733. The molecule has 0 unspecified atom stereocenters. The Bertz CT molecular complexity index is 589. The van der Waals surface area contributed by atoms with Crippen molar-refractivity contribution in [2.75, 3.05) is 7.11 Å². The largest absolute Gasteiger partial charge is 0.444 e. The maximum Gasteiger partial charge on any atom is 0.407 e. The lowest BCUT2D eigenvalue weighted by Crippen LogP contribution is -2.75. The third-order valence-corrected chi connectivity index (χ3v) is 4.95. The lowest BCUT2D eigenvalue weighted by Gasteiger charge is -2.53. The minimum atomic E-state index is -2.02. The van der Waals surface area contributed by atoms with Crippen LogP contribution in [0.3, 0.4) is 0 Å². The number of nitrogens with one attached hydrogen (secondary N) is 1. The molecule has 7 nitrogen and oxygen atoms in total. The lowest BCUT2D eigenvalue weighted by molar-refractivity contribution is -0.164. The zero-order chi connectivity index (χ0) is 18.5. The van der Waals surface area contributed by atoms with Crippen LogP contribution in [0, 0.1) is 0 Å². The molecular weight excluding hydrogens is 361 g/mol. The maximum atomic E-state index is 12.4. The number of alkyl carbamates (subject to hydrolysis) is 1. The van der Waals surface area contributed by atoms with Crippen LogP contribution in [0.15, 0.2) is 11.1 Å². The number of rotatable bonds is 2. The molecule has 2 aliphatic rings. The van der Waals surface area contributed by atoms with E-state index in [1.807, 2.05) is 0 Å². The van der Waals surface area contributed by atoms with Crippen LogP contribution >= 0.6 is 23.2 Å². The molecule has 3 N–H and O–H groups in total. The number of aliphatic hydroxyl groups is 2. The van der Waals surface area contributed by atoms with Crippen LogP contribution in [0.25, 0.3) is 0 Å². The van der Waals surface area contributed by atoms with Crippen molar-refractivity contribution >= 4 is 35.1 Å². The van der Waals surface area contributed by atoms with E-state index < -0.39 is 46.2 Å². The van der Waals surface area contributed by atoms with Crippen molar-refractivity contribution in [3.63, 3.8) is 0 Å². The van der Waals surface area contributed by atoms with Gasteiger partial charge in [0, 0.05) is 13.5 Å². The van der Waals surface area contributed by atoms with E-state index in [0.717, 1.165) is 6.08 Å². The van der Waals surface area contributed by atoms with Gasteiger partial charge in [-0.15, -0.1) is 11.6 Å². The molecule has 136 valence electrons. The maximum absolute atomic E-state index is 12.4. The summed E-state index contributed by atoms with van der Waals surface area (Å²) in [4.78, 5) is 22.4. The summed E-state index contributed by atoms with van der Waals surface area (Å²) in [6, 6.07) is -1.03. The van der Waals surface area contributed by atoms with Gasteiger partial charge in [0.1, 0.15) is 23.4 Å². The van der Waals surface area contributed by atoms with E-state index in [1.54, 1.807) is 20.8 Å². The normalized spacial score (nSPS) is 39.2. The zero-order valence-corrected chi connectivity index (χ0v) is 15.3. The summed E-state index contributed by atoms with van der Waals surface area (Å²) in [5.74, 6) is -0.773. The average Bonchev–Trinajstić information content (AvgIpc) is 2.40. The highest BCUT2D eigenvalue weighted by atomic mass is 35.5. The molecule has 2 bridgehead atoms. The standard InChI is InChI=1S/C15H21Cl2NO6/c1-13(2,3)24-12(21)18-8-6-14(22)5-7(16)9(19)15(17,10(8)20)11(14)23-4/h5,8,10-11,20,22H,6H2,1-4H3,(H,18,21)/t8-,10+,11+,14-,15+/m0/s1. The molecular formula is C15H21Cl2NO6. The third kappa shape index (κ3) is 3.15. The summed E-state index contributed by atoms with van der Waals surface area (Å²) in [6.07, 6.45) is -2.56. The Morgan fingerprint density at radius 1 is 1.46 bits per heavy atom. The lowest BCUT2D eigenvalue weighted by atomic mass is 9.65. The third-order valence-electron chi connectivity index (χ3n) is 4.07. The number of amides is 1. The molecule has 24 heavy (non-hydrogen) atoms. The first-order valence-electron chi connectivity index (χ1n) is 7.40. The van der Waals surface area contributed by atoms with E-state index in [0.29, 0.717) is 0 Å². The summed E-state index contributed by atoms with van der Waals surface area (Å²) in [6.45, 7) is 5.05. The Morgan fingerprint density at radius 3 is 2.54 bits per heavy atom. The summed E-state index contributed by atoms with van der Waals surface area (Å²) < 4.78 is 10.3. The van der Waals surface area contributed by atoms with Gasteiger partial charge < -0.3 is 25.0 Å². The molecule has 0 aromatic carbocycles. The van der Waals surface area contributed by atoms with Gasteiger partial charge in [-0.1, -0.05) is 11.6 Å². The molecule has 0 aliphatic heterocycles. The van der Waals surface area contributed by atoms with Crippen molar-refractivity contribution in [3.05, 3.63) is 11.1 Å². The SMILES string of the molecule is CO[C@H]1[C@@]2(Cl)C(=O)C(Cl)=C[C@]1(O)C[C@H](NC(=O)OC(C)(C)C)[C@H]2O. The Morgan fingerprint density at radius 2 is 2.04 bits per heavy atom. The fourth-order valence-electron chi connectivity index (χ4n) is 3.20. The second kappa shape index (κ2) is 6.14. The predicted octanol–water partition coefficient (Wildman–Crippen LogP) is 1.07. The molecule has 1 amide bonds. The molecule has 0 aromatic rings. The minimum Gasteiger partial charge on any atom is -0.444 e. The number of carbonyl (C=O) groups is 2. The van der Waals surface area contributed by atoms with Crippen LogP contribution in [0.1, 0.15) is 27.2 Å². The van der Waals surface area contributed by atoms with Crippen LogP contribution in [0.2, 0.25) is 0 Å². The van der Waals surface area contributed by atoms with Gasteiger partial charge in [-0.25, -0.2) is 4.79 Å². The Kier molecular flexibility index (Phi) is 4.98. The number of methoxy groups -OCH3 is 1. The van der Waals surface area contributed by atoms with E-state index >= 15 is 0 Å². The van der Waals surface area contributed by atoms with Crippen molar-refractivity contribution in [1.82, 2.24) is 5.32 Å². The first kappa shape index (κ1) is 19.5. The van der Waals surface area contributed by atoms with Crippen LogP contribution < -0.4 is 5.32 Å². The Hall–Kier alpha value is -0.860. The Balaban J connectivity index is 2.34. The number of hydrogen-bond donors (Lipinski definition) is 3. The summed E-state index contributed by atoms with van der Waals surface area (Å²) >= 11 is 12.2. The van der Waals surface area contributed by atoms with Crippen LogP contribution in [-0.4, -0.2) is 63.5 Å². The topological polar surface area (TPSA) is 105 Å². The molecule has 1 fully saturated rings. The first-order chi connectivity index (χ1) is 10.8. The molecule has 0 heterocycles. The van der Waals surface area contributed by atoms with Gasteiger partial charge in [-0.3, -0.25) is 4.79 Å². The molecule has 0 saturated heterocycles. The van der Waals surface area contributed by atoms with Gasteiger partial charge in [0.2, 0.25) is 0 Å². The molecule has 2 rings (SSSR count). The average molecular weight is 382 g/mol. The molecule has 0 spiro atoms. The number of hydrogen-bond acceptors (Lipinski definition) is 6. The van der Waals surface area contributed by atoms with Crippen molar-refractivity contribution in [2.24, 2.45) is 0 Å². The quantitative estimate of drug-likeness (QED) is 0.618. The number of fused-ring (bicyclic) bond motifs is 2. The molecule has 0 aromatic heterocycles. The van der Waals surface area contributed by atoms with E-state index in [1.165, 1.54) is 7.11 Å².